The summed E-state index contributed by atoms with van der Waals surface area (Å²) < 4.78 is 0. The smallest absolute Gasteiger partial charge is 0.249 e. The lowest BCUT2D eigenvalue weighted by Crippen LogP contribution is -2.35. The molecule has 0 heterocycles. The molecule has 3 nitrogen and oxygen atoms in total. The van der Waals surface area contributed by atoms with E-state index in [4.69, 9.17) is 17.3 Å². The molecule has 0 aliphatic carbocycles. The van der Waals surface area contributed by atoms with Crippen LogP contribution in [0.4, 0.5) is 0 Å². The Hall–Kier alpha value is -1.48. The van der Waals surface area contributed by atoms with E-state index in [2.05, 4.69) is 48.1 Å². The van der Waals surface area contributed by atoms with Crippen LogP contribution < -0.4 is 5.73 Å². The number of nitrogens with two attached hydrogens (primary N) is 1. The summed E-state index contributed by atoms with van der Waals surface area (Å²) in [7, 11) is 0. The van der Waals surface area contributed by atoms with Crippen LogP contribution in [-0.4, -0.2) is 11.0 Å². The first-order valence-corrected chi connectivity index (χ1v) is 9.79. The van der Waals surface area contributed by atoms with E-state index < -0.39 is 5.91 Å². The number of aliphatic hydroxyl groups is 1. The quantitative estimate of drug-likeness (QED) is 0.266. The minimum Gasteiger partial charge on any atom is -0.508 e. The molecule has 0 rings (SSSR count). The number of carbonyl (C=O) groups excluding carboxylic acids is 1. The van der Waals surface area contributed by atoms with Crippen molar-refractivity contribution in [1.29, 1.82) is 0 Å². The van der Waals surface area contributed by atoms with Gasteiger partial charge in [0.2, 0.25) is 5.91 Å². The Balaban J connectivity index is 5.92. The van der Waals surface area contributed by atoms with Crippen molar-refractivity contribution >= 4 is 17.5 Å². The third-order valence-electron chi connectivity index (χ3n) is 6.02. The van der Waals surface area contributed by atoms with E-state index in [0.717, 1.165) is 12.0 Å². The fourth-order valence-corrected chi connectivity index (χ4v) is 3.50. The Labute approximate surface area is 164 Å². The molecule has 0 fully saturated rings. The lowest BCUT2D eigenvalue weighted by molar-refractivity contribution is -0.114. The third kappa shape index (κ3) is 6.05. The molecule has 0 aromatic carbocycles. The molecule has 0 bridgehead atoms. The Morgan fingerprint density at radius 3 is 2.19 bits per heavy atom. The van der Waals surface area contributed by atoms with E-state index >= 15 is 0 Å². The van der Waals surface area contributed by atoms with Crippen LogP contribution in [0.3, 0.4) is 0 Å². The zero-order chi connectivity index (χ0) is 20.7. The van der Waals surface area contributed by atoms with Gasteiger partial charge in [0.15, 0.2) is 0 Å². The number of halogens is 1. The number of aliphatic hydroxyl groups excluding tert-OH is 1. The first-order chi connectivity index (χ1) is 11.9. The van der Waals surface area contributed by atoms with Gasteiger partial charge < -0.3 is 10.8 Å². The average Bonchev–Trinajstić information content (AvgIpc) is 2.58. The van der Waals surface area contributed by atoms with Crippen LogP contribution in [0.15, 0.2) is 46.7 Å². The maximum Gasteiger partial charge on any atom is 0.249 e. The van der Waals surface area contributed by atoms with Gasteiger partial charge in [-0.05, 0) is 52.9 Å². The van der Waals surface area contributed by atoms with Crippen molar-refractivity contribution in [2.24, 2.45) is 28.9 Å². The average molecular weight is 382 g/mol. The lowest BCUT2D eigenvalue weighted by Gasteiger charge is -2.42. The van der Waals surface area contributed by atoms with Crippen molar-refractivity contribution in [2.45, 2.75) is 61.3 Å². The second-order valence-electron chi connectivity index (χ2n) is 7.72. The number of rotatable bonds is 10. The van der Waals surface area contributed by atoms with Crippen molar-refractivity contribution < 1.29 is 9.90 Å². The summed E-state index contributed by atoms with van der Waals surface area (Å²) in [5, 5.41) is 9.95. The van der Waals surface area contributed by atoms with Gasteiger partial charge in [-0.1, -0.05) is 73.1 Å². The Morgan fingerprint density at radius 2 is 1.81 bits per heavy atom. The zero-order valence-electron chi connectivity index (χ0n) is 17.4. The number of carbonyl (C=O) groups is 1. The number of allylic oxidation sites excluding steroid dienone is 3. The van der Waals surface area contributed by atoms with E-state index in [-0.39, 0.29) is 22.7 Å². The number of hydrogen-bond donors (Lipinski definition) is 2. The van der Waals surface area contributed by atoms with Gasteiger partial charge in [-0.15, -0.1) is 0 Å². The molecular weight excluding hydrogens is 346 g/mol. The largest absolute Gasteiger partial charge is 0.508 e. The van der Waals surface area contributed by atoms with Gasteiger partial charge in [0.25, 0.3) is 0 Å². The maximum absolute atomic E-state index is 11.9. The molecule has 3 N–H and O–H groups in total. The van der Waals surface area contributed by atoms with Crippen LogP contribution in [0, 0.1) is 23.2 Å². The second-order valence-corrected chi connectivity index (χ2v) is 7.94. The molecule has 0 aromatic heterocycles. The highest BCUT2D eigenvalue weighted by molar-refractivity contribution is 6.26. The topological polar surface area (TPSA) is 63.3 Å². The Kier molecular flexibility index (Phi) is 10.0. The minimum atomic E-state index is -0.637. The molecule has 148 valence electrons. The van der Waals surface area contributed by atoms with Crippen LogP contribution in [-0.2, 0) is 4.79 Å². The molecule has 0 saturated carbocycles. The maximum atomic E-state index is 11.9. The molecule has 2 unspecified atom stereocenters. The molecule has 0 aliphatic rings. The molecule has 0 saturated heterocycles. The summed E-state index contributed by atoms with van der Waals surface area (Å²) in [6.07, 6.45) is 4.72. The SMILES string of the molecule is C=C(/C(=C\C(O)=C/CC)C(N)=O)/C(=C/Cl)C(C)C(C)(C)C(C)[C@@H](C)CC. The van der Waals surface area contributed by atoms with E-state index in [1.54, 1.807) is 6.08 Å². The van der Waals surface area contributed by atoms with Gasteiger partial charge in [0.05, 0.1) is 0 Å². The van der Waals surface area contributed by atoms with E-state index in [9.17, 15) is 9.90 Å². The summed E-state index contributed by atoms with van der Waals surface area (Å²) in [5.74, 6) is 0.408. The van der Waals surface area contributed by atoms with Crippen LogP contribution >= 0.6 is 11.6 Å². The first-order valence-electron chi connectivity index (χ1n) is 9.35. The fourth-order valence-electron chi connectivity index (χ4n) is 3.18. The molecule has 4 heteroatoms. The predicted octanol–water partition coefficient (Wildman–Crippen LogP) is 6.27. The molecule has 26 heavy (non-hydrogen) atoms. The first kappa shape index (κ1) is 24.5. The number of hydrogen-bond acceptors (Lipinski definition) is 2. The Morgan fingerprint density at radius 1 is 1.27 bits per heavy atom. The van der Waals surface area contributed by atoms with Gasteiger partial charge in [-0.3, -0.25) is 4.79 Å². The van der Waals surface area contributed by atoms with E-state index in [1.165, 1.54) is 11.6 Å². The standard InChI is InChI=1S/C22H36ClNO2/c1-9-11-18(25)12-19(21(24)26)15(4)20(13-23)17(6)22(7,8)16(5)14(3)10-2/h11-14,16-17,25H,4,9-10H2,1-3,5-8H3,(H2,24,26)/b18-11+,19-12+,20-13-/t14-,16?,17?/m0/s1. The van der Waals surface area contributed by atoms with Crippen molar-refractivity contribution in [1.82, 2.24) is 0 Å². The van der Waals surface area contributed by atoms with Gasteiger partial charge in [-0.2, -0.15) is 0 Å². The predicted molar refractivity (Wildman–Crippen MR) is 113 cm³/mol. The second kappa shape index (κ2) is 10.6. The normalized spacial score (nSPS) is 17.6. The van der Waals surface area contributed by atoms with Crippen molar-refractivity contribution in [3.63, 3.8) is 0 Å². The highest BCUT2D eigenvalue weighted by Gasteiger charge is 2.37. The summed E-state index contributed by atoms with van der Waals surface area (Å²) in [6, 6.07) is 0. The Bertz CT molecular complexity index is 599. The third-order valence-corrected chi connectivity index (χ3v) is 6.25. The van der Waals surface area contributed by atoms with Gasteiger partial charge in [0, 0.05) is 11.1 Å². The van der Waals surface area contributed by atoms with E-state index in [1.807, 2.05) is 6.92 Å². The van der Waals surface area contributed by atoms with Gasteiger partial charge >= 0.3 is 0 Å². The van der Waals surface area contributed by atoms with Gasteiger partial charge in [-0.25, -0.2) is 0 Å². The summed E-state index contributed by atoms with van der Waals surface area (Å²) in [4.78, 5) is 11.9. The number of primary amides is 1. The molecule has 0 spiro atoms. The van der Waals surface area contributed by atoms with Crippen LogP contribution in [0.25, 0.3) is 0 Å². The van der Waals surface area contributed by atoms with Crippen molar-refractivity contribution in [3.05, 3.63) is 46.7 Å². The van der Waals surface area contributed by atoms with Crippen molar-refractivity contribution in [3.8, 4) is 0 Å². The van der Waals surface area contributed by atoms with Crippen molar-refractivity contribution in [2.75, 3.05) is 0 Å². The molecule has 1 amide bonds. The molecular formula is C22H36ClNO2. The van der Waals surface area contributed by atoms with Crippen LogP contribution in [0.5, 0.6) is 0 Å². The van der Waals surface area contributed by atoms with E-state index in [0.29, 0.717) is 23.8 Å². The molecule has 0 radical (unpaired) electrons. The fraction of sp³-hybridized carbons (Fsp3) is 0.591. The summed E-state index contributed by atoms with van der Waals surface area (Å²) >= 11 is 6.15. The molecule has 0 aliphatic heterocycles. The lowest BCUT2D eigenvalue weighted by atomic mass is 9.63. The summed E-state index contributed by atoms with van der Waals surface area (Å²) in [6.45, 7) is 19.2. The highest BCUT2D eigenvalue weighted by atomic mass is 35.5. The monoisotopic (exact) mass is 381 g/mol. The molecule has 3 atom stereocenters. The molecule has 0 aromatic rings. The van der Waals surface area contributed by atoms with Crippen LogP contribution in [0.1, 0.15) is 61.3 Å². The van der Waals surface area contributed by atoms with Crippen LogP contribution in [0.2, 0.25) is 0 Å². The summed E-state index contributed by atoms with van der Waals surface area (Å²) in [5.41, 5.74) is 8.35. The minimum absolute atomic E-state index is 0.00346. The number of amides is 1. The zero-order valence-corrected chi connectivity index (χ0v) is 18.2. The van der Waals surface area contributed by atoms with Gasteiger partial charge in [0.1, 0.15) is 5.76 Å². The highest BCUT2D eigenvalue weighted by Crippen LogP contribution is 2.45.